The average Bonchev–Trinajstić information content (AvgIpc) is 3.03. The topological polar surface area (TPSA) is 103 Å². The van der Waals surface area contributed by atoms with Gasteiger partial charge in [0.25, 0.3) is 11.5 Å². The summed E-state index contributed by atoms with van der Waals surface area (Å²) >= 11 is 0. The van der Waals surface area contributed by atoms with Crippen molar-refractivity contribution in [3.8, 4) is 0 Å². The molecule has 1 aromatic heterocycles. The van der Waals surface area contributed by atoms with Gasteiger partial charge < -0.3 is 5.32 Å². The molecule has 1 N–H and O–H groups in total. The monoisotopic (exact) mass is 393 g/mol. The number of anilines is 1. The van der Waals surface area contributed by atoms with Crippen molar-refractivity contribution in [1.82, 2.24) is 14.8 Å². The molecule has 0 radical (unpaired) electrons. The Balaban J connectivity index is 1.92. The molecule has 1 aliphatic heterocycles. The van der Waals surface area contributed by atoms with Crippen LogP contribution in [0, 0.1) is 16.0 Å². The smallest absolute Gasteiger partial charge is 0.328 e. The van der Waals surface area contributed by atoms with Crippen LogP contribution in [-0.2, 0) is 11.0 Å². The summed E-state index contributed by atoms with van der Waals surface area (Å²) < 4.78 is 40.4. The third kappa shape index (κ3) is 2.92. The minimum absolute atomic E-state index is 0.0149. The number of nitrogens with zero attached hydrogens (tertiary/aromatic N) is 4. The Hall–Kier alpha value is -3.24. The van der Waals surface area contributed by atoms with Gasteiger partial charge in [0.15, 0.2) is 5.78 Å². The number of fused-ring (bicyclic) bond motifs is 1. The molecular formula is C17H14F3N5O3. The quantitative estimate of drug-likeness (QED) is 0.619. The normalized spacial score (nSPS) is 21.8. The fourth-order valence-corrected chi connectivity index (χ4v) is 3.64. The van der Waals surface area contributed by atoms with Crippen molar-refractivity contribution in [2.75, 3.05) is 5.32 Å². The van der Waals surface area contributed by atoms with E-state index in [9.17, 15) is 28.1 Å². The molecule has 2 atom stereocenters. The molecule has 146 valence electrons. The highest BCUT2D eigenvalue weighted by Crippen LogP contribution is 2.42. The molecule has 0 fully saturated rings. The highest BCUT2D eigenvalue weighted by atomic mass is 19.4. The van der Waals surface area contributed by atoms with Crippen LogP contribution in [0.1, 0.15) is 37.2 Å². The van der Waals surface area contributed by atoms with E-state index in [-0.39, 0.29) is 35.3 Å². The van der Waals surface area contributed by atoms with Gasteiger partial charge in [-0.05, 0) is 17.9 Å². The Morgan fingerprint density at radius 2 is 2.07 bits per heavy atom. The fraction of sp³-hybridized carbons (Fsp3) is 0.353. The number of nitro benzene ring substituents is 1. The summed E-state index contributed by atoms with van der Waals surface area (Å²) in [5, 5.41) is 17.5. The van der Waals surface area contributed by atoms with Gasteiger partial charge in [0.2, 0.25) is 5.95 Å². The summed E-state index contributed by atoms with van der Waals surface area (Å²) in [6.07, 6.45) is -4.07. The predicted molar refractivity (Wildman–Crippen MR) is 90.3 cm³/mol. The van der Waals surface area contributed by atoms with Gasteiger partial charge >= 0.3 is 6.18 Å². The predicted octanol–water partition coefficient (Wildman–Crippen LogP) is 3.47. The van der Waals surface area contributed by atoms with E-state index in [4.69, 9.17) is 0 Å². The van der Waals surface area contributed by atoms with Crippen LogP contribution >= 0.6 is 0 Å². The number of Topliss-reactive ketones (excluding diaryl/α,β-unsaturated/α-hetero) is 1. The number of carbonyl (C=O) groups excluding carboxylic acids is 1. The molecule has 28 heavy (non-hydrogen) atoms. The minimum Gasteiger partial charge on any atom is -0.328 e. The lowest BCUT2D eigenvalue weighted by atomic mass is 9.81. The Morgan fingerprint density at radius 1 is 1.32 bits per heavy atom. The van der Waals surface area contributed by atoms with Gasteiger partial charge in [0.1, 0.15) is 6.04 Å². The van der Waals surface area contributed by atoms with E-state index < -0.39 is 23.0 Å². The summed E-state index contributed by atoms with van der Waals surface area (Å²) in [7, 11) is 0. The van der Waals surface area contributed by atoms with Crippen LogP contribution in [0.25, 0.3) is 0 Å². The number of rotatable bonds is 2. The van der Waals surface area contributed by atoms with Crippen LogP contribution in [-0.4, -0.2) is 25.5 Å². The molecule has 11 heteroatoms. The molecule has 1 aliphatic carbocycles. The summed E-state index contributed by atoms with van der Waals surface area (Å²) in [5.41, 5.74) is 0.817. The summed E-state index contributed by atoms with van der Waals surface area (Å²) in [5.74, 6) is -1.70. The van der Waals surface area contributed by atoms with Crippen molar-refractivity contribution < 1.29 is 22.9 Å². The van der Waals surface area contributed by atoms with Crippen LogP contribution in [0.5, 0.6) is 0 Å². The molecular weight excluding hydrogens is 379 g/mol. The molecule has 4 rings (SSSR count). The van der Waals surface area contributed by atoms with Crippen LogP contribution < -0.4 is 5.32 Å². The zero-order chi connectivity index (χ0) is 20.2. The first-order valence-electron chi connectivity index (χ1n) is 8.46. The number of alkyl halides is 3. The van der Waals surface area contributed by atoms with E-state index in [1.54, 1.807) is 0 Å². The molecule has 0 spiro atoms. The lowest BCUT2D eigenvalue weighted by molar-refractivity contribution is -0.384. The Morgan fingerprint density at radius 3 is 2.75 bits per heavy atom. The van der Waals surface area contributed by atoms with Crippen molar-refractivity contribution in [1.29, 1.82) is 0 Å². The van der Waals surface area contributed by atoms with Crippen molar-refractivity contribution in [2.24, 2.45) is 5.92 Å². The number of hydrogen-bond acceptors (Lipinski definition) is 6. The Kier molecular flexibility index (Phi) is 3.98. The molecule has 2 unspecified atom stereocenters. The molecule has 0 saturated carbocycles. The van der Waals surface area contributed by atoms with E-state index in [0.717, 1.165) is 4.68 Å². The number of halogens is 3. The van der Waals surface area contributed by atoms with Gasteiger partial charge in [-0.3, -0.25) is 14.9 Å². The lowest BCUT2D eigenvalue weighted by Crippen LogP contribution is -2.33. The maximum Gasteiger partial charge on any atom is 0.453 e. The molecule has 2 heterocycles. The second-order valence-electron chi connectivity index (χ2n) is 6.91. The number of nitrogens with one attached hydrogen (secondary N) is 1. The first-order valence-corrected chi connectivity index (χ1v) is 8.46. The third-order valence-electron chi connectivity index (χ3n) is 4.77. The van der Waals surface area contributed by atoms with Gasteiger partial charge in [-0.1, -0.05) is 19.1 Å². The van der Waals surface area contributed by atoms with Gasteiger partial charge in [0.05, 0.1) is 4.92 Å². The van der Waals surface area contributed by atoms with Crippen molar-refractivity contribution in [2.45, 2.75) is 32.0 Å². The molecule has 1 aromatic carbocycles. The maximum atomic E-state index is 13.1. The van der Waals surface area contributed by atoms with E-state index in [2.05, 4.69) is 15.4 Å². The summed E-state index contributed by atoms with van der Waals surface area (Å²) in [4.78, 5) is 26.8. The summed E-state index contributed by atoms with van der Waals surface area (Å²) in [6, 6.07) is 4.44. The highest BCUT2D eigenvalue weighted by Gasteiger charge is 2.43. The molecule has 2 aliphatic rings. The maximum absolute atomic E-state index is 13.1. The average molecular weight is 393 g/mol. The fourth-order valence-electron chi connectivity index (χ4n) is 3.64. The number of benzene rings is 1. The van der Waals surface area contributed by atoms with E-state index in [1.807, 2.05) is 6.92 Å². The molecule has 8 nitrogen and oxygen atoms in total. The standard InChI is InChI=1S/C17H14F3N5O3/c1-8-5-11-13(12(26)6-8)14(9-3-2-4-10(7-9)25(27)28)24-16(21-11)22-15(23-24)17(18,19)20/h2-4,7-8,14H,5-6H2,1H3,(H,21,22,23). The van der Waals surface area contributed by atoms with Crippen LogP contribution in [0.3, 0.4) is 0 Å². The van der Waals surface area contributed by atoms with Crippen molar-refractivity contribution >= 4 is 17.4 Å². The minimum atomic E-state index is -4.77. The number of allylic oxidation sites excluding steroid dienone is 2. The van der Waals surface area contributed by atoms with Gasteiger partial charge in [-0.2, -0.15) is 18.2 Å². The zero-order valence-corrected chi connectivity index (χ0v) is 14.5. The SMILES string of the molecule is CC1CC(=O)C2=C(C1)Nc1nc(C(F)(F)F)nn1C2c1cccc([N+](=O)[O-])c1. The molecule has 2 aromatic rings. The van der Waals surface area contributed by atoms with Gasteiger partial charge in [0, 0.05) is 29.8 Å². The van der Waals surface area contributed by atoms with Gasteiger partial charge in [-0.25, -0.2) is 4.68 Å². The Bertz CT molecular complexity index is 1030. The summed E-state index contributed by atoms with van der Waals surface area (Å²) in [6.45, 7) is 1.87. The highest BCUT2D eigenvalue weighted by molar-refractivity contribution is 5.99. The number of nitro groups is 1. The number of aromatic nitrogens is 3. The molecule has 0 saturated heterocycles. The largest absolute Gasteiger partial charge is 0.453 e. The number of ketones is 1. The van der Waals surface area contributed by atoms with Crippen LogP contribution in [0.2, 0.25) is 0 Å². The number of hydrogen-bond donors (Lipinski definition) is 1. The van der Waals surface area contributed by atoms with E-state index >= 15 is 0 Å². The van der Waals surface area contributed by atoms with Crippen molar-refractivity contribution in [3.63, 3.8) is 0 Å². The second-order valence-corrected chi connectivity index (χ2v) is 6.91. The van der Waals surface area contributed by atoms with Crippen LogP contribution in [0.4, 0.5) is 24.8 Å². The Labute approximate surface area is 156 Å². The van der Waals surface area contributed by atoms with Crippen molar-refractivity contribution in [3.05, 3.63) is 57.0 Å². The van der Waals surface area contributed by atoms with E-state index in [1.165, 1.54) is 24.3 Å². The van der Waals surface area contributed by atoms with E-state index in [0.29, 0.717) is 17.7 Å². The first kappa shape index (κ1) is 18.1. The molecule has 0 bridgehead atoms. The number of non-ortho nitro benzene ring substituents is 1. The first-order chi connectivity index (χ1) is 13.1. The third-order valence-corrected chi connectivity index (χ3v) is 4.77. The van der Waals surface area contributed by atoms with Gasteiger partial charge in [-0.15, -0.1) is 5.10 Å². The zero-order valence-electron chi connectivity index (χ0n) is 14.5. The lowest BCUT2D eigenvalue weighted by Gasteiger charge is -2.34. The van der Waals surface area contributed by atoms with Crippen LogP contribution in [0.15, 0.2) is 35.5 Å². The number of carbonyl (C=O) groups is 1. The second kappa shape index (κ2) is 6.14. The molecule has 0 amide bonds.